The smallest absolute Gasteiger partial charge is 0.407 e. The molecule has 2 saturated heterocycles. The zero-order valence-electron chi connectivity index (χ0n) is 12.4. The number of methoxy groups -OCH3 is 1. The maximum Gasteiger partial charge on any atom is 0.407 e. The number of benzene rings is 1. The van der Waals surface area contributed by atoms with E-state index >= 15 is 0 Å². The van der Waals surface area contributed by atoms with E-state index in [1.165, 1.54) is 7.11 Å². The fraction of sp³-hybridized carbons (Fsp3) is 0.467. The summed E-state index contributed by atoms with van der Waals surface area (Å²) >= 11 is 0. The van der Waals surface area contributed by atoms with Crippen LogP contribution in [0.15, 0.2) is 18.2 Å². The molecule has 3 N–H and O–H groups in total. The molecule has 0 aromatic heterocycles. The van der Waals surface area contributed by atoms with E-state index in [-0.39, 0.29) is 12.1 Å². The van der Waals surface area contributed by atoms with Gasteiger partial charge in [0.2, 0.25) is 0 Å². The Kier molecular flexibility index (Phi) is 3.56. The lowest BCUT2D eigenvalue weighted by molar-refractivity contribution is 0.0602. The number of para-hydroxylation sites is 1. The maximum absolute atomic E-state index is 11.7. The molecule has 1 aromatic carbocycles. The average molecular weight is 305 g/mol. The number of nitrogens with two attached hydrogens (primary N) is 1. The predicted molar refractivity (Wildman–Crippen MR) is 81.1 cm³/mol. The van der Waals surface area contributed by atoms with E-state index in [9.17, 15) is 14.7 Å². The molecule has 2 aliphatic heterocycles. The van der Waals surface area contributed by atoms with Gasteiger partial charge in [-0.15, -0.1) is 0 Å². The van der Waals surface area contributed by atoms with Crippen LogP contribution in [0.1, 0.15) is 23.2 Å². The van der Waals surface area contributed by atoms with Crippen molar-refractivity contribution < 1.29 is 19.4 Å². The van der Waals surface area contributed by atoms with Crippen LogP contribution in [-0.2, 0) is 4.74 Å². The van der Waals surface area contributed by atoms with Crippen LogP contribution < -0.4 is 10.6 Å². The van der Waals surface area contributed by atoms with E-state index in [2.05, 4.69) is 4.90 Å². The molecular formula is C15H19N3O4. The second-order valence-corrected chi connectivity index (χ2v) is 5.71. The fourth-order valence-corrected chi connectivity index (χ4v) is 3.53. The topological polar surface area (TPSA) is 96.1 Å². The molecule has 2 atom stereocenters. The number of rotatable bonds is 2. The van der Waals surface area contributed by atoms with E-state index in [0.29, 0.717) is 24.3 Å². The van der Waals surface area contributed by atoms with E-state index in [0.717, 1.165) is 18.5 Å². The number of nitrogen functional groups attached to an aromatic ring is 1. The monoisotopic (exact) mass is 305 g/mol. The standard InChI is InChI=1S/C15H19N3O4/c1-22-14(19)11-3-2-4-12(13(11)16)17-7-9-5-6-10(8-17)18(9)15(20)21/h2-4,9-10H,5-8,16H2,1H3,(H,20,21)/t9-,10+. The van der Waals surface area contributed by atoms with Crippen molar-refractivity contribution in [2.75, 3.05) is 30.8 Å². The zero-order chi connectivity index (χ0) is 15.9. The van der Waals surface area contributed by atoms with E-state index < -0.39 is 12.1 Å². The SMILES string of the molecule is COC(=O)c1cccc(N2C[C@H]3CC[C@@H](C2)N3C(=O)O)c1N. The van der Waals surface area contributed by atoms with Crippen molar-refractivity contribution >= 4 is 23.4 Å². The highest BCUT2D eigenvalue weighted by molar-refractivity contribution is 5.98. The largest absolute Gasteiger partial charge is 0.465 e. The first-order chi connectivity index (χ1) is 10.5. The van der Waals surface area contributed by atoms with Crippen LogP contribution in [0.5, 0.6) is 0 Å². The van der Waals surface area contributed by atoms with E-state index in [1.54, 1.807) is 17.0 Å². The molecule has 2 heterocycles. The lowest BCUT2D eigenvalue weighted by Crippen LogP contribution is -2.55. The molecule has 2 bridgehead atoms. The van der Waals surface area contributed by atoms with Crippen molar-refractivity contribution in [2.24, 2.45) is 0 Å². The van der Waals surface area contributed by atoms with Crippen molar-refractivity contribution in [1.82, 2.24) is 4.90 Å². The third-order valence-electron chi connectivity index (χ3n) is 4.53. The van der Waals surface area contributed by atoms with Crippen LogP contribution in [-0.4, -0.2) is 54.4 Å². The van der Waals surface area contributed by atoms with Crippen LogP contribution in [0.2, 0.25) is 0 Å². The van der Waals surface area contributed by atoms with Gasteiger partial charge >= 0.3 is 12.1 Å². The number of carbonyl (C=O) groups excluding carboxylic acids is 1. The van der Waals surface area contributed by atoms with Crippen molar-refractivity contribution in [3.63, 3.8) is 0 Å². The zero-order valence-corrected chi connectivity index (χ0v) is 12.4. The average Bonchev–Trinajstić information content (AvgIpc) is 2.78. The predicted octanol–water partition coefficient (Wildman–Crippen LogP) is 1.39. The molecule has 22 heavy (non-hydrogen) atoms. The summed E-state index contributed by atoms with van der Waals surface area (Å²) in [6, 6.07) is 5.23. The Bertz CT molecular complexity index is 605. The van der Waals surface area contributed by atoms with Gasteiger partial charge in [0, 0.05) is 13.1 Å². The molecule has 7 heteroatoms. The van der Waals surface area contributed by atoms with E-state index in [4.69, 9.17) is 10.5 Å². The molecule has 2 aliphatic rings. The summed E-state index contributed by atoms with van der Waals surface area (Å²) in [6.07, 6.45) is 0.872. The minimum Gasteiger partial charge on any atom is -0.465 e. The number of fused-ring (bicyclic) bond motifs is 2. The first-order valence-electron chi connectivity index (χ1n) is 7.26. The molecule has 0 spiro atoms. The first-order valence-corrected chi connectivity index (χ1v) is 7.26. The molecule has 0 saturated carbocycles. The Hall–Kier alpha value is -2.44. The molecular weight excluding hydrogens is 286 g/mol. The van der Waals surface area contributed by atoms with Gasteiger partial charge in [-0.1, -0.05) is 6.07 Å². The molecule has 3 rings (SSSR count). The Labute approximate surface area is 128 Å². The molecule has 0 aliphatic carbocycles. The summed E-state index contributed by atoms with van der Waals surface area (Å²) in [6.45, 7) is 1.19. The molecule has 7 nitrogen and oxygen atoms in total. The van der Waals surface area contributed by atoms with E-state index in [1.807, 2.05) is 6.07 Å². The number of carboxylic acid groups (broad SMARTS) is 1. The lowest BCUT2D eigenvalue weighted by atomic mass is 10.1. The van der Waals surface area contributed by atoms with Crippen molar-refractivity contribution in [3.05, 3.63) is 23.8 Å². The second-order valence-electron chi connectivity index (χ2n) is 5.71. The highest BCUT2D eigenvalue weighted by atomic mass is 16.5. The number of carbonyl (C=O) groups is 2. The summed E-state index contributed by atoms with van der Waals surface area (Å²) in [5.74, 6) is -0.466. The number of amides is 1. The molecule has 118 valence electrons. The lowest BCUT2D eigenvalue weighted by Gasteiger charge is -2.41. The second kappa shape index (κ2) is 5.40. The third-order valence-corrected chi connectivity index (χ3v) is 4.53. The van der Waals surface area contributed by atoms with Gasteiger partial charge in [-0.25, -0.2) is 9.59 Å². The van der Waals surface area contributed by atoms with Gasteiger partial charge in [0.05, 0.1) is 36.1 Å². The normalized spacial score (nSPS) is 23.5. The Morgan fingerprint density at radius 3 is 2.45 bits per heavy atom. The third kappa shape index (κ3) is 2.22. The van der Waals surface area contributed by atoms with Gasteiger partial charge < -0.3 is 20.5 Å². The van der Waals surface area contributed by atoms with Crippen molar-refractivity contribution in [1.29, 1.82) is 0 Å². The minimum atomic E-state index is -0.858. The van der Waals surface area contributed by atoms with Gasteiger partial charge in [-0.3, -0.25) is 4.90 Å². The summed E-state index contributed by atoms with van der Waals surface area (Å²) in [4.78, 5) is 26.7. The molecule has 0 unspecified atom stereocenters. The number of anilines is 2. The molecule has 2 fully saturated rings. The Balaban J connectivity index is 1.88. The number of hydrogen-bond donors (Lipinski definition) is 2. The van der Waals surface area contributed by atoms with Crippen LogP contribution >= 0.6 is 0 Å². The van der Waals surface area contributed by atoms with Gasteiger partial charge in [0.1, 0.15) is 0 Å². The quantitative estimate of drug-likeness (QED) is 0.633. The summed E-state index contributed by atoms with van der Waals surface area (Å²) in [7, 11) is 1.32. The fourth-order valence-electron chi connectivity index (χ4n) is 3.53. The number of piperazine rings is 1. The van der Waals surface area contributed by atoms with Gasteiger partial charge in [-0.2, -0.15) is 0 Å². The molecule has 1 aromatic rings. The van der Waals surface area contributed by atoms with Crippen LogP contribution in [0, 0.1) is 0 Å². The Morgan fingerprint density at radius 2 is 1.91 bits per heavy atom. The minimum absolute atomic E-state index is 0.0163. The Morgan fingerprint density at radius 1 is 1.27 bits per heavy atom. The number of hydrogen-bond acceptors (Lipinski definition) is 5. The highest BCUT2D eigenvalue weighted by Gasteiger charge is 2.43. The molecule has 0 radical (unpaired) electrons. The highest BCUT2D eigenvalue weighted by Crippen LogP contribution is 2.35. The van der Waals surface area contributed by atoms with Crippen LogP contribution in [0.25, 0.3) is 0 Å². The van der Waals surface area contributed by atoms with Gasteiger partial charge in [0.15, 0.2) is 0 Å². The number of esters is 1. The van der Waals surface area contributed by atoms with Crippen molar-refractivity contribution in [2.45, 2.75) is 24.9 Å². The molecule has 1 amide bonds. The van der Waals surface area contributed by atoms with Gasteiger partial charge in [-0.05, 0) is 25.0 Å². The van der Waals surface area contributed by atoms with Crippen LogP contribution in [0.4, 0.5) is 16.2 Å². The summed E-state index contributed by atoms with van der Waals surface area (Å²) < 4.78 is 4.74. The maximum atomic E-state index is 11.7. The summed E-state index contributed by atoms with van der Waals surface area (Å²) in [5.41, 5.74) is 7.62. The van der Waals surface area contributed by atoms with Crippen molar-refractivity contribution in [3.8, 4) is 0 Å². The number of ether oxygens (including phenoxy) is 1. The number of nitrogens with zero attached hydrogens (tertiary/aromatic N) is 2. The van der Waals surface area contributed by atoms with Crippen LogP contribution in [0.3, 0.4) is 0 Å². The first kappa shape index (κ1) is 14.5. The van der Waals surface area contributed by atoms with Gasteiger partial charge in [0.25, 0.3) is 0 Å². The summed E-state index contributed by atoms with van der Waals surface area (Å²) in [5, 5.41) is 9.30.